The minimum Gasteiger partial charge on any atom is -0.497 e. The fraction of sp³-hybridized carbons (Fsp3) is 0.280. The molecule has 0 radical (unpaired) electrons. The first-order chi connectivity index (χ1) is 13.8. The van der Waals surface area contributed by atoms with Crippen molar-refractivity contribution in [1.82, 2.24) is 9.80 Å². The topological polar surface area (TPSA) is 15.7 Å². The second-order valence-electron chi connectivity index (χ2n) is 7.47. The van der Waals surface area contributed by atoms with Gasteiger partial charge in [0.25, 0.3) is 0 Å². The molecule has 0 saturated carbocycles. The van der Waals surface area contributed by atoms with Gasteiger partial charge in [-0.25, -0.2) is 0 Å². The summed E-state index contributed by atoms with van der Waals surface area (Å²) in [7, 11) is 1.72. The summed E-state index contributed by atoms with van der Waals surface area (Å²) in [5.41, 5.74) is 4.11. The molecule has 1 aliphatic heterocycles. The van der Waals surface area contributed by atoms with Crippen LogP contribution in [0.15, 0.2) is 84.9 Å². The molecule has 4 rings (SSSR count). The van der Waals surface area contributed by atoms with Crippen LogP contribution >= 0.6 is 0 Å². The lowest BCUT2D eigenvalue weighted by Crippen LogP contribution is -2.47. The van der Waals surface area contributed by atoms with Crippen molar-refractivity contribution in [2.75, 3.05) is 26.7 Å². The zero-order valence-corrected chi connectivity index (χ0v) is 16.5. The van der Waals surface area contributed by atoms with E-state index in [9.17, 15) is 0 Å². The molecule has 3 nitrogen and oxygen atoms in total. The Morgan fingerprint density at radius 3 is 1.96 bits per heavy atom. The molecule has 1 fully saturated rings. The summed E-state index contributed by atoms with van der Waals surface area (Å²) in [6, 6.07) is 30.5. The van der Waals surface area contributed by atoms with Gasteiger partial charge >= 0.3 is 0 Å². The van der Waals surface area contributed by atoms with Crippen molar-refractivity contribution in [3.8, 4) is 5.75 Å². The maximum absolute atomic E-state index is 5.36. The first-order valence-corrected chi connectivity index (χ1v) is 10.00. The van der Waals surface area contributed by atoms with Crippen LogP contribution in [0.1, 0.15) is 22.7 Å². The van der Waals surface area contributed by atoms with Gasteiger partial charge in [0.1, 0.15) is 5.75 Å². The normalized spacial score (nSPS) is 18.1. The van der Waals surface area contributed by atoms with Crippen molar-refractivity contribution in [1.29, 1.82) is 0 Å². The zero-order valence-electron chi connectivity index (χ0n) is 16.5. The molecule has 1 saturated heterocycles. The highest BCUT2D eigenvalue weighted by molar-refractivity contribution is 5.30. The molecule has 3 aromatic rings. The summed E-state index contributed by atoms with van der Waals surface area (Å²) >= 11 is 0. The predicted molar refractivity (Wildman–Crippen MR) is 114 cm³/mol. The Hall–Kier alpha value is -2.62. The molecule has 144 valence electrons. The van der Waals surface area contributed by atoms with Crippen molar-refractivity contribution in [3.63, 3.8) is 0 Å². The second kappa shape index (κ2) is 9.05. The Bertz CT molecular complexity index is 849. The van der Waals surface area contributed by atoms with Crippen LogP contribution in [-0.4, -0.2) is 36.5 Å². The van der Waals surface area contributed by atoms with Crippen molar-refractivity contribution in [3.05, 3.63) is 102 Å². The lowest BCUT2D eigenvalue weighted by atomic mass is 10.0. The molecule has 0 amide bonds. The van der Waals surface area contributed by atoms with Crippen molar-refractivity contribution in [2.45, 2.75) is 19.1 Å². The number of piperazine rings is 1. The fourth-order valence-electron chi connectivity index (χ4n) is 4.01. The van der Waals surface area contributed by atoms with E-state index >= 15 is 0 Å². The van der Waals surface area contributed by atoms with Gasteiger partial charge in [0, 0.05) is 38.8 Å². The summed E-state index contributed by atoms with van der Waals surface area (Å²) in [4.78, 5) is 5.18. The molecular formula is C25H28N2O. The van der Waals surface area contributed by atoms with Crippen LogP contribution in [0, 0.1) is 0 Å². The van der Waals surface area contributed by atoms with Crippen molar-refractivity contribution < 1.29 is 4.74 Å². The van der Waals surface area contributed by atoms with Crippen LogP contribution < -0.4 is 4.74 Å². The van der Waals surface area contributed by atoms with Gasteiger partial charge < -0.3 is 4.74 Å². The molecule has 28 heavy (non-hydrogen) atoms. The molecule has 1 heterocycles. The van der Waals surface area contributed by atoms with Crippen LogP contribution in [0.4, 0.5) is 0 Å². The summed E-state index contributed by atoms with van der Waals surface area (Å²) < 4.78 is 5.36. The minimum atomic E-state index is 0.378. The number of methoxy groups -OCH3 is 1. The van der Waals surface area contributed by atoms with E-state index in [1.165, 1.54) is 16.7 Å². The van der Waals surface area contributed by atoms with E-state index in [-0.39, 0.29) is 0 Å². The summed E-state index contributed by atoms with van der Waals surface area (Å²) in [6.45, 7) is 5.18. The molecular weight excluding hydrogens is 344 g/mol. The van der Waals surface area contributed by atoms with E-state index in [0.29, 0.717) is 6.04 Å². The molecule has 1 aliphatic rings. The third-order valence-electron chi connectivity index (χ3n) is 5.55. The Labute approximate surface area is 168 Å². The maximum Gasteiger partial charge on any atom is 0.118 e. The number of hydrogen-bond donors (Lipinski definition) is 0. The quantitative estimate of drug-likeness (QED) is 0.621. The second-order valence-corrected chi connectivity index (χ2v) is 7.47. The van der Waals surface area contributed by atoms with Gasteiger partial charge in [0.05, 0.1) is 7.11 Å². The molecule has 1 atom stereocenters. The summed E-state index contributed by atoms with van der Waals surface area (Å²) in [5.74, 6) is 0.912. The van der Waals surface area contributed by atoms with Gasteiger partial charge in [0.2, 0.25) is 0 Å². The summed E-state index contributed by atoms with van der Waals surface area (Å²) in [6.07, 6.45) is 0. The Morgan fingerprint density at radius 1 is 0.750 bits per heavy atom. The average molecular weight is 373 g/mol. The van der Waals surface area contributed by atoms with Crippen LogP contribution in [0.5, 0.6) is 5.75 Å². The van der Waals surface area contributed by atoms with E-state index in [2.05, 4.69) is 94.7 Å². The lowest BCUT2D eigenvalue weighted by Gasteiger charge is -2.42. The van der Waals surface area contributed by atoms with Crippen LogP contribution in [-0.2, 0) is 13.1 Å². The van der Waals surface area contributed by atoms with Crippen molar-refractivity contribution in [2.24, 2.45) is 0 Å². The van der Waals surface area contributed by atoms with Gasteiger partial charge in [-0.2, -0.15) is 0 Å². The predicted octanol–water partition coefficient (Wildman–Crippen LogP) is 4.75. The molecule has 0 aromatic heterocycles. The largest absolute Gasteiger partial charge is 0.497 e. The first kappa shape index (κ1) is 18.7. The summed E-state index contributed by atoms with van der Waals surface area (Å²) in [5, 5.41) is 0. The Morgan fingerprint density at radius 2 is 1.36 bits per heavy atom. The van der Waals surface area contributed by atoms with E-state index in [1.807, 2.05) is 0 Å². The number of nitrogens with zero attached hydrogens (tertiary/aromatic N) is 2. The molecule has 0 spiro atoms. The Balaban J connectivity index is 1.53. The standard InChI is InChI=1S/C25H28N2O/c1-28-24-14-12-23(13-15-24)25-20-26(18-21-8-4-2-5-9-21)16-17-27(25)19-22-10-6-3-7-11-22/h2-15,25H,16-20H2,1H3. The van der Waals surface area contributed by atoms with Gasteiger partial charge in [-0.3, -0.25) is 9.80 Å². The fourth-order valence-corrected chi connectivity index (χ4v) is 4.01. The highest BCUT2D eigenvalue weighted by atomic mass is 16.5. The number of benzene rings is 3. The van der Waals surface area contributed by atoms with Crippen LogP contribution in [0.25, 0.3) is 0 Å². The molecule has 3 heteroatoms. The average Bonchev–Trinajstić information content (AvgIpc) is 2.76. The zero-order chi connectivity index (χ0) is 19.2. The SMILES string of the molecule is COc1ccc(C2CN(Cc3ccccc3)CCN2Cc2ccccc2)cc1. The molecule has 0 N–H and O–H groups in total. The minimum absolute atomic E-state index is 0.378. The van der Waals surface area contributed by atoms with Gasteiger partial charge in [-0.15, -0.1) is 0 Å². The molecule has 1 unspecified atom stereocenters. The molecule has 0 bridgehead atoms. The third kappa shape index (κ3) is 4.61. The van der Waals surface area contributed by atoms with Gasteiger partial charge in [-0.1, -0.05) is 72.8 Å². The van der Waals surface area contributed by atoms with Gasteiger partial charge in [0.15, 0.2) is 0 Å². The van der Waals surface area contributed by atoms with Gasteiger partial charge in [-0.05, 0) is 28.8 Å². The van der Waals surface area contributed by atoms with E-state index in [0.717, 1.165) is 38.5 Å². The lowest BCUT2D eigenvalue weighted by molar-refractivity contribution is 0.0636. The number of ether oxygens (including phenoxy) is 1. The maximum atomic E-state index is 5.36. The highest BCUT2D eigenvalue weighted by Gasteiger charge is 2.28. The third-order valence-corrected chi connectivity index (χ3v) is 5.55. The monoisotopic (exact) mass is 372 g/mol. The molecule has 3 aromatic carbocycles. The van der Waals surface area contributed by atoms with E-state index < -0.39 is 0 Å². The van der Waals surface area contributed by atoms with Crippen LogP contribution in [0.2, 0.25) is 0 Å². The first-order valence-electron chi connectivity index (χ1n) is 10.00. The van der Waals surface area contributed by atoms with Crippen molar-refractivity contribution >= 4 is 0 Å². The number of hydrogen-bond acceptors (Lipinski definition) is 3. The van der Waals surface area contributed by atoms with E-state index in [1.54, 1.807) is 7.11 Å². The Kier molecular flexibility index (Phi) is 6.05. The number of rotatable bonds is 6. The van der Waals surface area contributed by atoms with E-state index in [4.69, 9.17) is 4.74 Å². The van der Waals surface area contributed by atoms with Crippen LogP contribution in [0.3, 0.4) is 0 Å². The molecule has 0 aliphatic carbocycles. The smallest absolute Gasteiger partial charge is 0.118 e. The highest BCUT2D eigenvalue weighted by Crippen LogP contribution is 2.29.